The summed E-state index contributed by atoms with van der Waals surface area (Å²) >= 11 is 1.23. The zero-order valence-corrected chi connectivity index (χ0v) is 14.7. The van der Waals surface area contributed by atoms with Crippen LogP contribution >= 0.6 is 11.3 Å². The number of hydrogen-bond donors (Lipinski definition) is 1. The Labute approximate surface area is 139 Å². The molecule has 6 nitrogen and oxygen atoms in total. The van der Waals surface area contributed by atoms with Crippen molar-refractivity contribution in [1.29, 1.82) is 0 Å². The largest absolute Gasteiger partial charge is 0.493 e. The molecular weight excluding hydrogens is 336 g/mol. The van der Waals surface area contributed by atoms with Crippen LogP contribution in [0.5, 0.6) is 5.75 Å². The average molecular weight is 354 g/mol. The van der Waals surface area contributed by atoms with E-state index in [0.29, 0.717) is 23.2 Å². The number of ether oxygens (including phenoxy) is 1. The third kappa shape index (κ3) is 4.29. The zero-order chi connectivity index (χ0) is 17.0. The Morgan fingerprint density at radius 1 is 1.39 bits per heavy atom. The number of aromatic nitrogens is 1. The lowest BCUT2D eigenvalue weighted by Crippen LogP contribution is -2.31. The van der Waals surface area contributed by atoms with Gasteiger partial charge in [-0.2, -0.15) is 0 Å². The maximum Gasteiger partial charge on any atom is 0.244 e. The van der Waals surface area contributed by atoms with Crippen molar-refractivity contribution in [2.24, 2.45) is 0 Å². The normalized spacial score (nSPS) is 12.7. The molecule has 0 aliphatic rings. The monoisotopic (exact) mass is 354 g/mol. The third-order valence-corrected chi connectivity index (χ3v) is 5.46. The van der Waals surface area contributed by atoms with Crippen molar-refractivity contribution in [1.82, 2.24) is 4.98 Å². The SMILES string of the molecule is CCOc1ccccc1-c1csc(NC(=O)[C@H](C)S(C)(=O)=O)n1. The van der Waals surface area contributed by atoms with Gasteiger partial charge in [-0.25, -0.2) is 13.4 Å². The topological polar surface area (TPSA) is 85.4 Å². The van der Waals surface area contributed by atoms with Crippen LogP contribution in [0.3, 0.4) is 0 Å². The first-order valence-corrected chi connectivity index (χ1v) is 9.83. The number of hydrogen-bond acceptors (Lipinski definition) is 6. The molecule has 0 bridgehead atoms. The summed E-state index contributed by atoms with van der Waals surface area (Å²) in [5, 5.41) is 3.56. The molecule has 1 atom stereocenters. The van der Waals surface area contributed by atoms with Crippen LogP contribution in [-0.2, 0) is 14.6 Å². The Morgan fingerprint density at radius 3 is 2.74 bits per heavy atom. The number of carbonyl (C=O) groups is 1. The fraction of sp³-hybridized carbons (Fsp3) is 0.333. The van der Waals surface area contributed by atoms with Gasteiger partial charge in [-0.3, -0.25) is 4.79 Å². The molecule has 1 N–H and O–H groups in total. The number of rotatable bonds is 6. The maximum atomic E-state index is 11.9. The molecule has 0 fully saturated rings. The van der Waals surface area contributed by atoms with Crippen molar-refractivity contribution in [3.8, 4) is 17.0 Å². The summed E-state index contributed by atoms with van der Waals surface area (Å²) in [6, 6.07) is 7.48. The number of thiazole rings is 1. The summed E-state index contributed by atoms with van der Waals surface area (Å²) in [6.45, 7) is 3.79. The summed E-state index contributed by atoms with van der Waals surface area (Å²) in [6.07, 6.45) is 1.03. The number of nitrogens with zero attached hydrogens (tertiary/aromatic N) is 1. The number of sulfone groups is 1. The van der Waals surface area contributed by atoms with Crippen LogP contribution in [0.25, 0.3) is 11.3 Å². The van der Waals surface area contributed by atoms with Crippen molar-refractivity contribution in [2.45, 2.75) is 19.1 Å². The van der Waals surface area contributed by atoms with Gasteiger partial charge in [-0.05, 0) is 26.0 Å². The summed E-state index contributed by atoms with van der Waals surface area (Å²) in [5.74, 6) is 0.120. The Hall–Kier alpha value is -1.93. The molecule has 0 unspecified atom stereocenters. The molecule has 8 heteroatoms. The van der Waals surface area contributed by atoms with Gasteiger partial charge < -0.3 is 10.1 Å². The number of carbonyl (C=O) groups excluding carboxylic acids is 1. The molecule has 2 aromatic rings. The number of benzene rings is 1. The average Bonchev–Trinajstić information content (AvgIpc) is 2.94. The van der Waals surface area contributed by atoms with Gasteiger partial charge in [0.2, 0.25) is 5.91 Å². The lowest BCUT2D eigenvalue weighted by atomic mass is 10.1. The molecule has 0 saturated carbocycles. The van der Waals surface area contributed by atoms with Gasteiger partial charge in [0.15, 0.2) is 15.0 Å². The lowest BCUT2D eigenvalue weighted by Gasteiger charge is -2.08. The summed E-state index contributed by atoms with van der Waals surface area (Å²) in [7, 11) is -3.44. The van der Waals surface area contributed by atoms with Crippen LogP contribution in [0.15, 0.2) is 29.6 Å². The van der Waals surface area contributed by atoms with Gasteiger partial charge in [-0.1, -0.05) is 12.1 Å². The van der Waals surface area contributed by atoms with Crippen LogP contribution < -0.4 is 10.1 Å². The van der Waals surface area contributed by atoms with E-state index in [-0.39, 0.29) is 0 Å². The van der Waals surface area contributed by atoms with Crippen molar-refractivity contribution >= 4 is 32.2 Å². The fourth-order valence-corrected chi connectivity index (χ4v) is 2.98. The van der Waals surface area contributed by atoms with Crippen molar-refractivity contribution in [2.75, 3.05) is 18.2 Å². The van der Waals surface area contributed by atoms with Gasteiger partial charge >= 0.3 is 0 Å². The summed E-state index contributed by atoms with van der Waals surface area (Å²) in [5.41, 5.74) is 1.49. The van der Waals surface area contributed by atoms with Crippen LogP contribution in [0, 0.1) is 0 Å². The molecule has 1 aromatic heterocycles. The first-order valence-electron chi connectivity index (χ1n) is 7.00. The van der Waals surface area contributed by atoms with Crippen LogP contribution in [0.2, 0.25) is 0 Å². The number of anilines is 1. The van der Waals surface area contributed by atoms with Crippen molar-refractivity contribution in [3.63, 3.8) is 0 Å². The van der Waals surface area contributed by atoms with Gasteiger partial charge in [0.05, 0.1) is 12.3 Å². The molecular formula is C15H18N2O4S2. The summed E-state index contributed by atoms with van der Waals surface area (Å²) < 4.78 is 28.4. The van der Waals surface area contributed by atoms with Crippen molar-refractivity contribution < 1.29 is 17.9 Å². The van der Waals surface area contributed by atoms with Gasteiger partial charge in [0.1, 0.15) is 11.0 Å². The van der Waals surface area contributed by atoms with E-state index < -0.39 is 21.0 Å². The fourth-order valence-electron chi connectivity index (χ4n) is 1.82. The highest BCUT2D eigenvalue weighted by molar-refractivity contribution is 7.92. The number of nitrogens with one attached hydrogen (secondary N) is 1. The van der Waals surface area contributed by atoms with Crippen LogP contribution in [0.1, 0.15) is 13.8 Å². The minimum absolute atomic E-state index is 0.354. The maximum absolute atomic E-state index is 11.9. The zero-order valence-electron chi connectivity index (χ0n) is 13.1. The summed E-state index contributed by atoms with van der Waals surface area (Å²) in [4.78, 5) is 16.3. The lowest BCUT2D eigenvalue weighted by molar-refractivity contribution is -0.115. The Balaban J connectivity index is 2.20. The molecule has 2 rings (SSSR count). The highest BCUT2D eigenvalue weighted by Crippen LogP contribution is 2.32. The Bertz CT molecular complexity index is 799. The molecule has 1 aromatic carbocycles. The van der Waals surface area contributed by atoms with Gasteiger partial charge in [-0.15, -0.1) is 11.3 Å². The predicted octanol–water partition coefficient (Wildman–Crippen LogP) is 2.58. The molecule has 0 radical (unpaired) electrons. The van der Waals surface area contributed by atoms with E-state index >= 15 is 0 Å². The van der Waals surface area contributed by atoms with E-state index in [2.05, 4.69) is 10.3 Å². The minimum atomic E-state index is -3.44. The second kappa shape index (κ2) is 7.10. The Kier molecular flexibility index (Phi) is 5.38. The molecule has 1 heterocycles. The highest BCUT2D eigenvalue weighted by atomic mass is 32.2. The number of amides is 1. The van der Waals surface area contributed by atoms with E-state index in [0.717, 1.165) is 11.8 Å². The standard InChI is InChI=1S/C15H18N2O4S2/c1-4-21-13-8-6-5-7-11(13)12-9-22-15(16-12)17-14(18)10(2)23(3,19)20/h5-10H,4H2,1-3H3,(H,16,17,18)/t10-/m0/s1. The molecule has 0 saturated heterocycles. The minimum Gasteiger partial charge on any atom is -0.493 e. The quantitative estimate of drug-likeness (QED) is 0.862. The molecule has 0 aliphatic carbocycles. The first kappa shape index (κ1) is 17.4. The van der Waals surface area contributed by atoms with Crippen LogP contribution in [-0.4, -0.2) is 37.4 Å². The molecule has 124 valence electrons. The van der Waals surface area contributed by atoms with E-state index in [1.807, 2.05) is 31.2 Å². The van der Waals surface area contributed by atoms with Gasteiger partial charge in [0.25, 0.3) is 0 Å². The van der Waals surface area contributed by atoms with Gasteiger partial charge in [0, 0.05) is 17.2 Å². The Morgan fingerprint density at radius 2 is 2.09 bits per heavy atom. The van der Waals surface area contributed by atoms with E-state index in [4.69, 9.17) is 4.74 Å². The third-order valence-electron chi connectivity index (χ3n) is 3.21. The predicted molar refractivity (Wildman–Crippen MR) is 91.7 cm³/mol. The second-order valence-corrected chi connectivity index (χ2v) is 8.15. The second-order valence-electron chi connectivity index (χ2n) is 4.93. The van der Waals surface area contributed by atoms with Crippen LogP contribution in [0.4, 0.5) is 5.13 Å². The van der Waals surface area contributed by atoms with E-state index in [9.17, 15) is 13.2 Å². The smallest absolute Gasteiger partial charge is 0.244 e. The molecule has 0 aliphatic heterocycles. The molecule has 0 spiro atoms. The molecule has 23 heavy (non-hydrogen) atoms. The molecule has 1 amide bonds. The van der Waals surface area contributed by atoms with E-state index in [1.54, 1.807) is 5.38 Å². The highest BCUT2D eigenvalue weighted by Gasteiger charge is 2.24. The first-order chi connectivity index (χ1) is 10.8. The number of para-hydroxylation sites is 1. The van der Waals surface area contributed by atoms with E-state index in [1.165, 1.54) is 18.3 Å². The van der Waals surface area contributed by atoms with Crippen molar-refractivity contribution in [3.05, 3.63) is 29.6 Å².